The van der Waals surface area contributed by atoms with Gasteiger partial charge in [-0.2, -0.15) is 5.26 Å². The number of hydrogen-bond acceptors (Lipinski definition) is 4. The molecule has 0 bridgehead atoms. The first-order valence-corrected chi connectivity index (χ1v) is 5.96. The van der Waals surface area contributed by atoms with Gasteiger partial charge < -0.3 is 9.72 Å². The Labute approximate surface area is 115 Å². The Morgan fingerprint density at radius 2 is 2.10 bits per heavy atom. The van der Waals surface area contributed by atoms with Crippen molar-refractivity contribution in [1.82, 2.24) is 4.98 Å². The molecule has 1 aromatic carbocycles. The van der Waals surface area contributed by atoms with Crippen LogP contribution in [0.5, 0.6) is 0 Å². The Hall–Kier alpha value is -2.87. The second kappa shape index (κ2) is 5.85. The summed E-state index contributed by atoms with van der Waals surface area (Å²) >= 11 is 0. The molecule has 0 fully saturated rings. The lowest BCUT2D eigenvalue weighted by Crippen LogP contribution is -2.06. The van der Waals surface area contributed by atoms with Crippen LogP contribution in [-0.4, -0.2) is 16.7 Å². The van der Waals surface area contributed by atoms with Crippen molar-refractivity contribution >= 4 is 11.8 Å². The average molecular weight is 268 g/mol. The minimum atomic E-state index is -0.565. The van der Waals surface area contributed by atoms with Crippen LogP contribution in [0.4, 0.5) is 0 Å². The number of rotatable bonds is 4. The van der Waals surface area contributed by atoms with E-state index in [1.807, 2.05) is 6.07 Å². The van der Waals surface area contributed by atoms with Crippen LogP contribution in [0.3, 0.4) is 0 Å². The van der Waals surface area contributed by atoms with Gasteiger partial charge in [0.25, 0.3) is 0 Å². The molecule has 0 aliphatic carbocycles. The summed E-state index contributed by atoms with van der Waals surface area (Å²) in [7, 11) is 0. The molecule has 0 saturated heterocycles. The first-order chi connectivity index (χ1) is 9.61. The topological polar surface area (TPSA) is 82.9 Å². The van der Waals surface area contributed by atoms with Crippen LogP contribution in [0.2, 0.25) is 0 Å². The maximum Gasteiger partial charge on any atom is 0.355 e. The number of Topliss-reactive ketones (excluding diaryl/α,β-unsaturated/α-hetero) is 1. The Kier molecular flexibility index (Phi) is 3.96. The lowest BCUT2D eigenvalue weighted by molar-refractivity contribution is 0.0466. The van der Waals surface area contributed by atoms with Crippen molar-refractivity contribution in [3.63, 3.8) is 0 Å². The number of nitrogens with zero attached hydrogens (tertiary/aromatic N) is 1. The number of nitriles is 1. The predicted molar refractivity (Wildman–Crippen MR) is 71.1 cm³/mol. The molecule has 100 valence electrons. The van der Waals surface area contributed by atoms with E-state index in [-0.39, 0.29) is 18.1 Å². The van der Waals surface area contributed by atoms with Gasteiger partial charge in [-0.25, -0.2) is 4.79 Å². The summed E-state index contributed by atoms with van der Waals surface area (Å²) < 4.78 is 5.12. The van der Waals surface area contributed by atoms with Gasteiger partial charge in [-0.3, -0.25) is 4.79 Å². The third kappa shape index (κ3) is 2.93. The summed E-state index contributed by atoms with van der Waals surface area (Å²) in [6.07, 6.45) is 1.46. The van der Waals surface area contributed by atoms with Crippen molar-refractivity contribution in [2.45, 2.75) is 13.5 Å². The molecule has 0 unspecified atom stereocenters. The minimum absolute atomic E-state index is 0.0109. The standard InChI is InChI=1S/C15H12N2O3/c1-10(18)13-6-14(17-8-13)15(19)20-9-12-5-3-2-4-11(12)7-16/h2-6,8,17H,9H2,1H3. The minimum Gasteiger partial charge on any atom is -0.456 e. The van der Waals surface area contributed by atoms with Crippen molar-refractivity contribution in [2.75, 3.05) is 0 Å². The molecule has 0 aliphatic rings. The maximum atomic E-state index is 11.8. The molecule has 5 heteroatoms. The summed E-state index contributed by atoms with van der Waals surface area (Å²) in [5.41, 5.74) is 1.75. The van der Waals surface area contributed by atoms with Crippen LogP contribution in [0, 0.1) is 11.3 Å². The number of benzene rings is 1. The number of aromatic nitrogens is 1. The molecule has 0 saturated carbocycles. The lowest BCUT2D eigenvalue weighted by atomic mass is 10.1. The second-order valence-electron chi connectivity index (χ2n) is 4.20. The Morgan fingerprint density at radius 1 is 1.35 bits per heavy atom. The molecule has 0 atom stereocenters. The van der Waals surface area contributed by atoms with Crippen LogP contribution in [0.15, 0.2) is 36.5 Å². The number of hydrogen-bond donors (Lipinski definition) is 1. The predicted octanol–water partition coefficient (Wildman–Crippen LogP) is 2.45. The highest BCUT2D eigenvalue weighted by molar-refractivity contribution is 5.97. The SMILES string of the molecule is CC(=O)c1c[nH]c(C(=O)OCc2ccccc2C#N)c1. The largest absolute Gasteiger partial charge is 0.456 e. The lowest BCUT2D eigenvalue weighted by Gasteiger charge is -2.05. The number of H-pyrrole nitrogens is 1. The average Bonchev–Trinajstić information content (AvgIpc) is 2.95. The zero-order valence-corrected chi connectivity index (χ0v) is 10.8. The van der Waals surface area contributed by atoms with E-state index in [2.05, 4.69) is 4.98 Å². The van der Waals surface area contributed by atoms with Crippen LogP contribution < -0.4 is 0 Å². The number of carbonyl (C=O) groups is 2. The van der Waals surface area contributed by atoms with Gasteiger partial charge >= 0.3 is 5.97 Å². The molecular weight excluding hydrogens is 256 g/mol. The first kappa shape index (κ1) is 13.6. The van der Waals surface area contributed by atoms with Gasteiger partial charge in [0.1, 0.15) is 12.3 Å². The zero-order valence-electron chi connectivity index (χ0n) is 10.8. The summed E-state index contributed by atoms with van der Waals surface area (Å²) in [5.74, 6) is -0.694. The molecular formula is C15H12N2O3. The summed E-state index contributed by atoms with van der Waals surface area (Å²) in [6.45, 7) is 1.43. The highest BCUT2D eigenvalue weighted by Gasteiger charge is 2.12. The van der Waals surface area contributed by atoms with Crippen molar-refractivity contribution in [2.24, 2.45) is 0 Å². The van der Waals surface area contributed by atoms with Gasteiger partial charge in [0.05, 0.1) is 11.6 Å². The number of esters is 1. The van der Waals surface area contributed by atoms with E-state index in [0.717, 1.165) is 0 Å². The van der Waals surface area contributed by atoms with E-state index >= 15 is 0 Å². The molecule has 0 radical (unpaired) electrons. The van der Waals surface area contributed by atoms with Crippen LogP contribution >= 0.6 is 0 Å². The summed E-state index contributed by atoms with van der Waals surface area (Å²) in [5, 5.41) is 8.93. The third-order valence-electron chi connectivity index (χ3n) is 2.81. The Bertz CT molecular complexity index is 695. The fourth-order valence-corrected chi connectivity index (χ4v) is 1.69. The molecule has 0 amide bonds. The smallest absolute Gasteiger partial charge is 0.355 e. The van der Waals surface area contributed by atoms with Crippen molar-refractivity contribution in [3.8, 4) is 6.07 Å². The summed E-state index contributed by atoms with van der Waals surface area (Å²) in [6, 6.07) is 10.4. The number of aromatic amines is 1. The molecule has 20 heavy (non-hydrogen) atoms. The van der Waals surface area contributed by atoms with E-state index in [0.29, 0.717) is 16.7 Å². The Morgan fingerprint density at radius 3 is 2.75 bits per heavy atom. The zero-order chi connectivity index (χ0) is 14.5. The highest BCUT2D eigenvalue weighted by Crippen LogP contribution is 2.11. The van der Waals surface area contributed by atoms with Gasteiger partial charge in [0.2, 0.25) is 0 Å². The normalized spacial score (nSPS) is 9.80. The van der Waals surface area contributed by atoms with Gasteiger partial charge in [-0.1, -0.05) is 18.2 Å². The molecule has 1 N–H and O–H groups in total. The summed E-state index contributed by atoms with van der Waals surface area (Å²) in [4.78, 5) is 25.6. The van der Waals surface area contributed by atoms with Crippen molar-refractivity contribution in [1.29, 1.82) is 5.26 Å². The van der Waals surface area contributed by atoms with Crippen molar-refractivity contribution in [3.05, 3.63) is 58.9 Å². The Balaban J connectivity index is 2.05. The van der Waals surface area contributed by atoms with Gasteiger partial charge in [0, 0.05) is 17.3 Å². The van der Waals surface area contributed by atoms with Crippen LogP contribution in [0.1, 0.15) is 38.9 Å². The van der Waals surface area contributed by atoms with E-state index < -0.39 is 5.97 Å². The molecule has 1 heterocycles. The maximum absolute atomic E-state index is 11.8. The molecule has 5 nitrogen and oxygen atoms in total. The van der Waals surface area contributed by atoms with Gasteiger partial charge in [0.15, 0.2) is 5.78 Å². The van der Waals surface area contributed by atoms with Gasteiger partial charge in [-0.05, 0) is 19.1 Å². The van der Waals surface area contributed by atoms with E-state index in [9.17, 15) is 9.59 Å². The molecule has 1 aromatic heterocycles. The monoisotopic (exact) mass is 268 g/mol. The molecule has 2 rings (SSSR count). The fraction of sp³-hybridized carbons (Fsp3) is 0.133. The number of nitrogens with one attached hydrogen (secondary N) is 1. The second-order valence-corrected chi connectivity index (χ2v) is 4.20. The van der Waals surface area contributed by atoms with Crippen molar-refractivity contribution < 1.29 is 14.3 Å². The molecule has 0 aliphatic heterocycles. The van der Waals surface area contributed by atoms with Gasteiger partial charge in [-0.15, -0.1) is 0 Å². The van der Waals surface area contributed by atoms with E-state index in [1.54, 1.807) is 24.3 Å². The highest BCUT2D eigenvalue weighted by atomic mass is 16.5. The third-order valence-corrected chi connectivity index (χ3v) is 2.81. The van der Waals surface area contributed by atoms with Crippen LogP contribution in [-0.2, 0) is 11.3 Å². The van der Waals surface area contributed by atoms with E-state index in [4.69, 9.17) is 10.00 Å². The molecule has 2 aromatic rings. The fourth-order valence-electron chi connectivity index (χ4n) is 1.69. The van der Waals surface area contributed by atoms with E-state index in [1.165, 1.54) is 19.2 Å². The number of carbonyl (C=O) groups excluding carboxylic acids is 2. The number of ether oxygens (including phenoxy) is 1. The first-order valence-electron chi connectivity index (χ1n) is 5.96. The number of ketones is 1. The molecule has 0 spiro atoms. The van der Waals surface area contributed by atoms with Crippen LogP contribution in [0.25, 0.3) is 0 Å². The quantitative estimate of drug-likeness (QED) is 0.682.